The van der Waals surface area contributed by atoms with Gasteiger partial charge < -0.3 is 9.72 Å². The van der Waals surface area contributed by atoms with Gasteiger partial charge in [0.15, 0.2) is 5.65 Å². The van der Waals surface area contributed by atoms with Crippen molar-refractivity contribution in [3.8, 4) is 5.75 Å². The number of fused-ring (bicyclic) bond motifs is 2. The second-order valence-corrected chi connectivity index (χ2v) is 7.02. The summed E-state index contributed by atoms with van der Waals surface area (Å²) in [4.78, 5) is 19.3. The van der Waals surface area contributed by atoms with Gasteiger partial charge in [-0.05, 0) is 56.0 Å². The molecular weight excluding hydrogens is 316 g/mol. The Labute approximate surface area is 145 Å². The summed E-state index contributed by atoms with van der Waals surface area (Å²) in [6, 6.07) is 6.15. The number of hydrogen-bond donors (Lipinski definition) is 1. The molecule has 0 aliphatic carbocycles. The third-order valence-electron chi connectivity index (χ3n) is 4.52. The van der Waals surface area contributed by atoms with Crippen LogP contribution in [0.4, 0.5) is 0 Å². The van der Waals surface area contributed by atoms with Gasteiger partial charge in [0.1, 0.15) is 22.6 Å². The van der Waals surface area contributed by atoms with E-state index in [1.807, 2.05) is 24.3 Å². The Bertz CT molecular complexity index is 1040. The van der Waals surface area contributed by atoms with Gasteiger partial charge >= 0.3 is 0 Å². The van der Waals surface area contributed by atoms with Crippen LogP contribution in [0.3, 0.4) is 0 Å². The fraction of sp³-hybridized carbons (Fsp3) is 0.316. The average molecular weight is 336 g/mol. The van der Waals surface area contributed by atoms with Gasteiger partial charge in [-0.25, -0.2) is 4.98 Å². The average Bonchev–Trinajstić information content (AvgIpc) is 2.94. The molecule has 2 aromatic heterocycles. The van der Waals surface area contributed by atoms with Gasteiger partial charge in [-0.15, -0.1) is 0 Å². The summed E-state index contributed by atoms with van der Waals surface area (Å²) < 4.78 is 7.61. The van der Waals surface area contributed by atoms with Gasteiger partial charge in [-0.2, -0.15) is 5.10 Å². The fourth-order valence-corrected chi connectivity index (χ4v) is 3.09. The smallest absolute Gasteiger partial charge is 0.262 e. The predicted octanol–water partition coefficient (Wildman–Crippen LogP) is 2.93. The number of benzene rings is 1. The summed E-state index contributed by atoms with van der Waals surface area (Å²) in [6.07, 6.45) is 7.28. The first kappa shape index (κ1) is 15.6. The van der Waals surface area contributed by atoms with Crippen molar-refractivity contribution in [2.75, 3.05) is 0 Å². The highest BCUT2D eigenvalue weighted by atomic mass is 16.5. The van der Waals surface area contributed by atoms with E-state index >= 15 is 0 Å². The molecule has 1 aliphatic rings. The van der Waals surface area contributed by atoms with E-state index in [-0.39, 0.29) is 11.2 Å². The molecule has 1 N–H and O–H groups in total. The first-order chi connectivity index (χ1) is 11.9. The van der Waals surface area contributed by atoms with Gasteiger partial charge in [-0.1, -0.05) is 12.1 Å². The molecule has 128 valence electrons. The lowest BCUT2D eigenvalue weighted by Crippen LogP contribution is -2.32. The van der Waals surface area contributed by atoms with Crippen molar-refractivity contribution in [3.05, 3.63) is 51.7 Å². The molecule has 0 saturated heterocycles. The minimum atomic E-state index is -0.182. The van der Waals surface area contributed by atoms with Crippen molar-refractivity contribution in [2.45, 2.75) is 32.3 Å². The molecule has 1 aromatic carbocycles. The van der Waals surface area contributed by atoms with Gasteiger partial charge in [0, 0.05) is 7.05 Å². The Hall–Kier alpha value is -2.89. The van der Waals surface area contributed by atoms with Crippen LogP contribution >= 0.6 is 0 Å². The van der Waals surface area contributed by atoms with E-state index in [9.17, 15) is 4.79 Å². The second kappa shape index (κ2) is 5.58. The van der Waals surface area contributed by atoms with Gasteiger partial charge in [0.2, 0.25) is 0 Å². The number of aromatic nitrogens is 4. The van der Waals surface area contributed by atoms with Crippen molar-refractivity contribution in [3.63, 3.8) is 0 Å². The summed E-state index contributed by atoms with van der Waals surface area (Å²) in [5.74, 6) is 1.47. The topological polar surface area (TPSA) is 72.8 Å². The molecule has 1 aliphatic heterocycles. The lowest BCUT2D eigenvalue weighted by Gasteiger charge is -2.32. The number of nitrogens with zero attached hydrogens (tertiary/aromatic N) is 3. The van der Waals surface area contributed by atoms with Crippen LogP contribution < -0.4 is 10.3 Å². The largest absolute Gasteiger partial charge is 0.488 e. The number of nitrogens with one attached hydrogen (secondary N) is 1. The van der Waals surface area contributed by atoms with E-state index in [4.69, 9.17) is 4.74 Å². The molecule has 0 unspecified atom stereocenters. The maximum atomic E-state index is 12.1. The number of ether oxygens (including phenoxy) is 1. The third kappa shape index (κ3) is 2.95. The number of H-pyrrole nitrogens is 1. The maximum absolute atomic E-state index is 12.1. The molecule has 6 nitrogen and oxygen atoms in total. The minimum absolute atomic E-state index is 0.105. The van der Waals surface area contributed by atoms with Gasteiger partial charge in [0.05, 0.1) is 6.20 Å². The summed E-state index contributed by atoms with van der Waals surface area (Å²) in [7, 11) is 1.77. The molecule has 25 heavy (non-hydrogen) atoms. The lowest BCUT2D eigenvalue weighted by molar-refractivity contribution is 0.0847. The molecule has 0 saturated carbocycles. The molecule has 0 bridgehead atoms. The molecule has 0 fully saturated rings. The van der Waals surface area contributed by atoms with Crippen LogP contribution in [0.15, 0.2) is 29.2 Å². The Kier molecular flexibility index (Phi) is 3.49. The number of rotatable bonds is 2. The highest BCUT2D eigenvalue weighted by molar-refractivity contribution is 5.75. The zero-order valence-electron chi connectivity index (χ0n) is 14.5. The molecule has 6 heteroatoms. The Balaban J connectivity index is 1.64. The van der Waals surface area contributed by atoms with Crippen LogP contribution in [0.25, 0.3) is 23.2 Å². The molecule has 0 spiro atoms. The van der Waals surface area contributed by atoms with Crippen molar-refractivity contribution < 1.29 is 4.74 Å². The molecule has 3 heterocycles. The Morgan fingerprint density at radius 2 is 2.16 bits per heavy atom. The highest BCUT2D eigenvalue weighted by Gasteiger charge is 2.26. The van der Waals surface area contributed by atoms with Gasteiger partial charge in [-0.3, -0.25) is 9.48 Å². The quantitative estimate of drug-likeness (QED) is 0.781. The Morgan fingerprint density at radius 3 is 3.00 bits per heavy atom. The summed E-state index contributed by atoms with van der Waals surface area (Å²) in [5.41, 5.74) is 2.55. The molecule has 4 rings (SSSR count). The van der Waals surface area contributed by atoms with E-state index in [1.54, 1.807) is 11.7 Å². The van der Waals surface area contributed by atoms with E-state index in [1.165, 1.54) is 11.8 Å². The number of hydrogen-bond acceptors (Lipinski definition) is 4. The molecular formula is C19H20N4O2. The normalized spacial score (nSPS) is 16.1. The Morgan fingerprint density at radius 1 is 1.32 bits per heavy atom. The van der Waals surface area contributed by atoms with Crippen LogP contribution in [-0.2, 0) is 13.5 Å². The first-order valence-corrected chi connectivity index (χ1v) is 8.33. The number of aromatic amines is 1. The minimum Gasteiger partial charge on any atom is -0.488 e. The zero-order valence-corrected chi connectivity index (χ0v) is 14.5. The second-order valence-electron chi connectivity index (χ2n) is 7.02. The van der Waals surface area contributed by atoms with Crippen molar-refractivity contribution >= 4 is 23.2 Å². The van der Waals surface area contributed by atoms with Gasteiger partial charge in [0.25, 0.3) is 5.56 Å². The summed E-state index contributed by atoms with van der Waals surface area (Å²) in [5, 5.41) is 4.57. The molecule has 0 atom stereocenters. The number of aryl methyl sites for hydroxylation is 2. The molecule has 0 amide bonds. The third-order valence-corrected chi connectivity index (χ3v) is 4.52. The van der Waals surface area contributed by atoms with Crippen molar-refractivity contribution in [1.82, 2.24) is 19.7 Å². The van der Waals surface area contributed by atoms with E-state index < -0.39 is 0 Å². The van der Waals surface area contributed by atoms with Crippen LogP contribution in [0.2, 0.25) is 0 Å². The van der Waals surface area contributed by atoms with Crippen LogP contribution in [0.5, 0.6) is 5.75 Å². The SMILES string of the molecule is Cn1ncc2c(=O)[nH]c(C=Cc3ccc4c(c3)CCC(C)(C)O4)nc21. The van der Waals surface area contributed by atoms with Crippen LogP contribution in [0, 0.1) is 0 Å². The van der Waals surface area contributed by atoms with Crippen LogP contribution in [0.1, 0.15) is 37.2 Å². The molecule has 3 aromatic rings. The standard InChI is InChI=1S/C19H20N4O2/c1-19(2)9-8-13-10-12(4-6-15(13)25-19)5-7-16-21-17-14(18(24)22-16)11-20-23(17)3/h4-7,10-11H,8-9H2,1-3H3,(H,21,22,24). The predicted molar refractivity (Wildman–Crippen MR) is 97.5 cm³/mol. The van der Waals surface area contributed by atoms with E-state index in [2.05, 4.69) is 35.0 Å². The fourth-order valence-electron chi connectivity index (χ4n) is 3.09. The van der Waals surface area contributed by atoms with Crippen LogP contribution in [-0.4, -0.2) is 25.3 Å². The molecule has 0 radical (unpaired) electrons. The van der Waals surface area contributed by atoms with Crippen molar-refractivity contribution in [1.29, 1.82) is 0 Å². The van der Waals surface area contributed by atoms with E-state index in [0.29, 0.717) is 16.9 Å². The maximum Gasteiger partial charge on any atom is 0.262 e. The summed E-state index contributed by atoms with van der Waals surface area (Å²) >= 11 is 0. The van der Waals surface area contributed by atoms with E-state index in [0.717, 1.165) is 24.2 Å². The highest BCUT2D eigenvalue weighted by Crippen LogP contribution is 2.33. The lowest BCUT2D eigenvalue weighted by atomic mass is 9.93. The monoisotopic (exact) mass is 336 g/mol. The summed E-state index contributed by atoms with van der Waals surface area (Å²) in [6.45, 7) is 4.22. The van der Waals surface area contributed by atoms with Crippen molar-refractivity contribution in [2.24, 2.45) is 7.05 Å². The first-order valence-electron chi connectivity index (χ1n) is 8.33. The zero-order chi connectivity index (χ0) is 17.6.